The van der Waals surface area contributed by atoms with Crippen LogP contribution >= 0.6 is 0 Å². The molecule has 0 unspecified atom stereocenters. The molecule has 2 atom stereocenters. The molecule has 2 saturated heterocycles. The van der Waals surface area contributed by atoms with Crippen molar-refractivity contribution in [3.8, 4) is 0 Å². The van der Waals surface area contributed by atoms with Gasteiger partial charge < -0.3 is 15.0 Å². The minimum Gasteiger partial charge on any atom is -0.379 e. The molecule has 2 aliphatic heterocycles. The molecule has 5 nitrogen and oxygen atoms in total. The molecule has 1 aromatic heterocycles. The number of hydrogen-bond acceptors (Lipinski definition) is 4. The van der Waals surface area contributed by atoms with Gasteiger partial charge in [-0.15, -0.1) is 0 Å². The highest BCUT2D eigenvalue weighted by atomic mass is 16.5. The molecule has 3 aliphatic rings. The highest BCUT2D eigenvalue weighted by Gasteiger charge is 2.34. The minimum absolute atomic E-state index is 0.141. The maximum absolute atomic E-state index is 12.8. The van der Waals surface area contributed by atoms with Gasteiger partial charge >= 0.3 is 0 Å². The normalized spacial score (nSPS) is 28.3. The van der Waals surface area contributed by atoms with Crippen molar-refractivity contribution in [3.63, 3.8) is 0 Å². The van der Waals surface area contributed by atoms with Crippen molar-refractivity contribution in [1.29, 1.82) is 0 Å². The van der Waals surface area contributed by atoms with E-state index in [0.717, 1.165) is 45.0 Å². The smallest absolute Gasteiger partial charge is 0.223 e. The summed E-state index contributed by atoms with van der Waals surface area (Å²) in [7, 11) is 0. The number of piperidine rings is 1. The molecular formula is C22H33N3O2. The number of amides is 1. The summed E-state index contributed by atoms with van der Waals surface area (Å²) in [6.45, 7) is 3.55. The van der Waals surface area contributed by atoms with E-state index in [0.29, 0.717) is 12.5 Å². The van der Waals surface area contributed by atoms with Gasteiger partial charge in [-0.05, 0) is 62.9 Å². The van der Waals surface area contributed by atoms with Crippen LogP contribution < -0.4 is 5.32 Å². The second-order valence-electron chi connectivity index (χ2n) is 8.57. The molecule has 0 bridgehead atoms. The zero-order valence-corrected chi connectivity index (χ0v) is 16.3. The predicted octanol–water partition coefficient (Wildman–Crippen LogP) is 2.80. The van der Waals surface area contributed by atoms with E-state index < -0.39 is 0 Å². The van der Waals surface area contributed by atoms with Gasteiger partial charge in [-0.25, -0.2) is 0 Å². The molecule has 3 heterocycles. The Bertz CT molecular complexity index is 595. The van der Waals surface area contributed by atoms with Crippen LogP contribution in [0.25, 0.3) is 0 Å². The van der Waals surface area contributed by atoms with Gasteiger partial charge in [0.05, 0.1) is 19.3 Å². The summed E-state index contributed by atoms with van der Waals surface area (Å²) in [6, 6.07) is 5.02. The third-order valence-electron chi connectivity index (χ3n) is 6.76. The summed E-state index contributed by atoms with van der Waals surface area (Å²) in [5.41, 5.74) is 1.26. The lowest BCUT2D eigenvalue weighted by molar-refractivity contribution is -0.127. The number of rotatable bonds is 5. The van der Waals surface area contributed by atoms with Crippen LogP contribution in [0.4, 0.5) is 0 Å². The largest absolute Gasteiger partial charge is 0.379 e. The minimum atomic E-state index is 0.141. The summed E-state index contributed by atoms with van der Waals surface area (Å²) < 4.78 is 5.69. The molecule has 1 aliphatic carbocycles. The molecule has 0 spiro atoms. The zero-order valence-electron chi connectivity index (χ0n) is 16.3. The monoisotopic (exact) mass is 371 g/mol. The van der Waals surface area contributed by atoms with E-state index in [1.807, 2.05) is 12.4 Å². The van der Waals surface area contributed by atoms with Gasteiger partial charge in [0.15, 0.2) is 0 Å². The molecule has 1 aromatic rings. The quantitative estimate of drug-likeness (QED) is 0.865. The van der Waals surface area contributed by atoms with Crippen LogP contribution in [-0.4, -0.2) is 54.2 Å². The van der Waals surface area contributed by atoms with E-state index >= 15 is 0 Å². The molecule has 5 heteroatoms. The fourth-order valence-electron chi connectivity index (χ4n) is 5.05. The first kappa shape index (κ1) is 18.9. The van der Waals surface area contributed by atoms with Gasteiger partial charge in [0.2, 0.25) is 5.91 Å². The molecular weight excluding hydrogens is 338 g/mol. The number of nitrogens with zero attached hydrogens (tertiary/aromatic N) is 2. The van der Waals surface area contributed by atoms with Crippen molar-refractivity contribution in [2.45, 2.75) is 63.5 Å². The van der Waals surface area contributed by atoms with E-state index in [-0.39, 0.29) is 17.9 Å². The Balaban J connectivity index is 1.25. The number of carbonyl (C=O) groups is 1. The Morgan fingerprint density at radius 3 is 2.56 bits per heavy atom. The summed E-state index contributed by atoms with van der Waals surface area (Å²) >= 11 is 0. The van der Waals surface area contributed by atoms with Gasteiger partial charge in [-0.3, -0.25) is 9.78 Å². The van der Waals surface area contributed by atoms with E-state index in [2.05, 4.69) is 27.3 Å². The lowest BCUT2D eigenvalue weighted by Gasteiger charge is -2.39. The lowest BCUT2D eigenvalue weighted by Crippen LogP contribution is -2.48. The van der Waals surface area contributed by atoms with Crippen LogP contribution in [0.1, 0.15) is 50.5 Å². The van der Waals surface area contributed by atoms with Crippen LogP contribution in [0.5, 0.6) is 0 Å². The first-order valence-corrected chi connectivity index (χ1v) is 10.8. The van der Waals surface area contributed by atoms with Crippen molar-refractivity contribution in [3.05, 3.63) is 30.1 Å². The molecule has 1 N–H and O–H groups in total. The Hall–Kier alpha value is -1.46. The third kappa shape index (κ3) is 4.88. The van der Waals surface area contributed by atoms with E-state index in [4.69, 9.17) is 4.74 Å². The maximum atomic E-state index is 12.8. The molecule has 0 radical (unpaired) electrons. The predicted molar refractivity (Wildman–Crippen MR) is 105 cm³/mol. The third-order valence-corrected chi connectivity index (χ3v) is 6.76. The van der Waals surface area contributed by atoms with Crippen LogP contribution in [0.3, 0.4) is 0 Å². The van der Waals surface area contributed by atoms with Gasteiger partial charge in [0.25, 0.3) is 0 Å². The van der Waals surface area contributed by atoms with E-state index in [1.54, 1.807) is 0 Å². The molecule has 4 rings (SSSR count). The Morgan fingerprint density at radius 2 is 1.81 bits per heavy atom. The van der Waals surface area contributed by atoms with Gasteiger partial charge in [-0.1, -0.05) is 19.3 Å². The fraction of sp³-hybridized carbons (Fsp3) is 0.727. The number of nitrogens with one attached hydrogen (secondary N) is 1. The highest BCUT2D eigenvalue weighted by molar-refractivity contribution is 5.79. The van der Waals surface area contributed by atoms with Crippen LogP contribution in [0, 0.1) is 11.8 Å². The SMILES string of the molecule is O=C(N[C@@H]1COC[C@H]1Cc1ccncc1)C1CCN(C2CCCCC2)CC1. The van der Waals surface area contributed by atoms with Crippen molar-refractivity contribution >= 4 is 5.91 Å². The molecule has 1 saturated carbocycles. The lowest BCUT2D eigenvalue weighted by atomic mass is 9.89. The van der Waals surface area contributed by atoms with Gasteiger partial charge in [0.1, 0.15) is 0 Å². The van der Waals surface area contributed by atoms with Crippen molar-refractivity contribution in [1.82, 2.24) is 15.2 Å². The Kier molecular flexibility index (Phi) is 6.40. The average molecular weight is 372 g/mol. The number of hydrogen-bond donors (Lipinski definition) is 1. The number of likely N-dealkylation sites (tertiary alicyclic amines) is 1. The molecule has 1 amide bonds. The van der Waals surface area contributed by atoms with Crippen molar-refractivity contribution in [2.75, 3.05) is 26.3 Å². The molecule has 0 aromatic carbocycles. The number of aromatic nitrogens is 1. The summed E-state index contributed by atoms with van der Waals surface area (Å²) in [4.78, 5) is 19.6. The second kappa shape index (κ2) is 9.16. The van der Waals surface area contributed by atoms with Gasteiger partial charge in [0, 0.05) is 30.3 Å². The average Bonchev–Trinajstić information content (AvgIpc) is 3.16. The maximum Gasteiger partial charge on any atom is 0.223 e. The van der Waals surface area contributed by atoms with Gasteiger partial charge in [-0.2, -0.15) is 0 Å². The second-order valence-corrected chi connectivity index (χ2v) is 8.57. The Labute approximate surface area is 162 Å². The van der Waals surface area contributed by atoms with Crippen molar-refractivity contribution in [2.24, 2.45) is 11.8 Å². The first-order valence-electron chi connectivity index (χ1n) is 10.8. The van der Waals surface area contributed by atoms with Crippen molar-refractivity contribution < 1.29 is 9.53 Å². The fourth-order valence-corrected chi connectivity index (χ4v) is 5.05. The number of carbonyl (C=O) groups excluding carboxylic acids is 1. The van der Waals surface area contributed by atoms with Crippen LogP contribution in [0.15, 0.2) is 24.5 Å². The number of ether oxygens (including phenoxy) is 1. The number of pyridine rings is 1. The van der Waals surface area contributed by atoms with E-state index in [9.17, 15) is 4.79 Å². The van der Waals surface area contributed by atoms with Crippen LogP contribution in [-0.2, 0) is 16.0 Å². The molecule has 148 valence electrons. The topological polar surface area (TPSA) is 54.5 Å². The first-order chi connectivity index (χ1) is 13.3. The Morgan fingerprint density at radius 1 is 1.07 bits per heavy atom. The summed E-state index contributed by atoms with van der Waals surface area (Å²) in [5.74, 6) is 0.777. The standard InChI is InChI=1S/C22H33N3O2/c26-22(18-8-12-25(13-9-18)20-4-2-1-3-5-20)24-21-16-27-15-19(21)14-17-6-10-23-11-7-17/h6-7,10-11,18-21H,1-5,8-9,12-16H2,(H,24,26)/t19-,21-/m1/s1. The summed E-state index contributed by atoms with van der Waals surface area (Å²) in [6.07, 6.45) is 13.5. The highest BCUT2D eigenvalue weighted by Crippen LogP contribution is 2.27. The zero-order chi connectivity index (χ0) is 18.5. The van der Waals surface area contributed by atoms with E-state index in [1.165, 1.54) is 37.7 Å². The molecule has 3 fully saturated rings. The van der Waals surface area contributed by atoms with Crippen LogP contribution in [0.2, 0.25) is 0 Å². The summed E-state index contributed by atoms with van der Waals surface area (Å²) in [5, 5.41) is 3.32. The molecule has 27 heavy (non-hydrogen) atoms.